The van der Waals surface area contributed by atoms with E-state index in [1.54, 1.807) is 6.79 Å². The van der Waals surface area contributed by atoms with Crippen molar-refractivity contribution in [3.05, 3.63) is 6.79 Å². The zero-order chi connectivity index (χ0) is 8.36. The second kappa shape index (κ2) is 9.92. The van der Waals surface area contributed by atoms with Crippen LogP contribution in [0.5, 0.6) is 0 Å². The molecule has 0 aliphatic rings. The van der Waals surface area contributed by atoms with Gasteiger partial charge in [-0.3, -0.25) is 0 Å². The summed E-state index contributed by atoms with van der Waals surface area (Å²) in [6, 6.07) is 0. The lowest BCUT2D eigenvalue weighted by Gasteiger charge is -1.99. The van der Waals surface area contributed by atoms with E-state index in [1.807, 2.05) is 0 Å². The van der Waals surface area contributed by atoms with Gasteiger partial charge in [0, 0.05) is 0 Å². The van der Waals surface area contributed by atoms with Crippen LogP contribution in [-0.4, -0.2) is 11.7 Å². The molecule has 0 amide bonds. The molecule has 0 rings (SSSR count). The van der Waals surface area contributed by atoms with Crippen LogP contribution in [-0.2, 0) is 4.74 Å². The molecule has 0 aromatic carbocycles. The fourth-order valence-electron chi connectivity index (χ4n) is 1.00. The predicted molar refractivity (Wildman–Crippen MR) is 44.5 cm³/mol. The SMILES string of the molecule is CCCCCCCCO[C]O. The summed E-state index contributed by atoms with van der Waals surface area (Å²) in [6.07, 6.45) is 7.44. The molecule has 1 N–H and O–H groups in total. The van der Waals surface area contributed by atoms with E-state index in [9.17, 15) is 0 Å². The molecule has 0 aliphatic heterocycles. The van der Waals surface area contributed by atoms with Crippen molar-refractivity contribution >= 4 is 0 Å². The van der Waals surface area contributed by atoms with Crippen molar-refractivity contribution in [2.75, 3.05) is 6.61 Å². The Balaban J connectivity index is 2.69. The first kappa shape index (κ1) is 10.9. The van der Waals surface area contributed by atoms with Crippen LogP contribution in [0.3, 0.4) is 0 Å². The number of unbranched alkanes of at least 4 members (excludes halogenated alkanes) is 5. The number of hydrogen-bond acceptors (Lipinski definition) is 2. The van der Waals surface area contributed by atoms with Crippen LogP contribution in [0.4, 0.5) is 0 Å². The number of rotatable bonds is 8. The average molecular weight is 158 g/mol. The second-order valence-corrected chi connectivity index (χ2v) is 2.71. The van der Waals surface area contributed by atoms with Gasteiger partial charge in [0.15, 0.2) is 0 Å². The first-order valence-corrected chi connectivity index (χ1v) is 4.42. The summed E-state index contributed by atoms with van der Waals surface area (Å²) in [4.78, 5) is 0. The van der Waals surface area contributed by atoms with Gasteiger partial charge in [-0.15, -0.1) is 0 Å². The quantitative estimate of drug-likeness (QED) is 0.550. The van der Waals surface area contributed by atoms with Gasteiger partial charge in [0.2, 0.25) is 0 Å². The fourth-order valence-corrected chi connectivity index (χ4v) is 1.00. The molecule has 0 saturated carbocycles. The lowest BCUT2D eigenvalue weighted by Crippen LogP contribution is -1.90. The summed E-state index contributed by atoms with van der Waals surface area (Å²) < 4.78 is 4.55. The van der Waals surface area contributed by atoms with E-state index >= 15 is 0 Å². The molecule has 2 heteroatoms. The normalized spacial score (nSPS) is 10.4. The molecule has 0 aromatic heterocycles. The maximum absolute atomic E-state index is 8.03. The first-order chi connectivity index (χ1) is 5.41. The zero-order valence-corrected chi connectivity index (χ0v) is 7.31. The highest BCUT2D eigenvalue weighted by Gasteiger charge is 1.89. The molecule has 2 radical (unpaired) electrons. The van der Waals surface area contributed by atoms with Gasteiger partial charge in [0.1, 0.15) is 0 Å². The van der Waals surface area contributed by atoms with Crippen LogP contribution < -0.4 is 0 Å². The van der Waals surface area contributed by atoms with E-state index in [1.165, 1.54) is 32.1 Å². The molecule has 66 valence electrons. The molecule has 2 nitrogen and oxygen atoms in total. The summed E-state index contributed by atoms with van der Waals surface area (Å²) in [5.74, 6) is 0. The van der Waals surface area contributed by atoms with Crippen molar-refractivity contribution in [3.8, 4) is 0 Å². The third-order valence-electron chi connectivity index (χ3n) is 1.66. The third-order valence-corrected chi connectivity index (χ3v) is 1.66. The van der Waals surface area contributed by atoms with E-state index in [2.05, 4.69) is 11.7 Å². The van der Waals surface area contributed by atoms with E-state index < -0.39 is 0 Å². The maximum Gasteiger partial charge on any atom is 0.289 e. The van der Waals surface area contributed by atoms with Crippen LogP contribution >= 0.6 is 0 Å². The first-order valence-electron chi connectivity index (χ1n) is 4.42. The van der Waals surface area contributed by atoms with Gasteiger partial charge in [-0.25, -0.2) is 0 Å². The Kier molecular flexibility index (Phi) is 9.85. The van der Waals surface area contributed by atoms with Crippen LogP contribution in [0.2, 0.25) is 0 Å². The lowest BCUT2D eigenvalue weighted by molar-refractivity contribution is 0.0757. The number of aliphatic hydroxyl groups excluding tert-OH is 1. The number of aliphatic hydroxyl groups is 1. The molecule has 0 unspecified atom stereocenters. The van der Waals surface area contributed by atoms with Gasteiger partial charge in [-0.2, -0.15) is 0 Å². The zero-order valence-electron chi connectivity index (χ0n) is 7.31. The Morgan fingerprint density at radius 1 is 1.09 bits per heavy atom. The minimum absolute atomic E-state index is 0.600. The molecule has 0 saturated heterocycles. The summed E-state index contributed by atoms with van der Waals surface area (Å²) in [5, 5.41) is 8.03. The second-order valence-electron chi connectivity index (χ2n) is 2.71. The van der Waals surface area contributed by atoms with E-state index in [0.717, 1.165) is 6.42 Å². The third kappa shape index (κ3) is 9.92. The van der Waals surface area contributed by atoms with Crippen molar-refractivity contribution in [2.45, 2.75) is 45.4 Å². The molecule has 0 aliphatic carbocycles. The highest BCUT2D eigenvalue weighted by molar-refractivity contribution is 4.43. The van der Waals surface area contributed by atoms with Crippen molar-refractivity contribution in [3.63, 3.8) is 0 Å². The van der Waals surface area contributed by atoms with Gasteiger partial charge >= 0.3 is 0 Å². The van der Waals surface area contributed by atoms with Crippen molar-refractivity contribution in [2.24, 2.45) is 0 Å². The van der Waals surface area contributed by atoms with Crippen LogP contribution in [0.15, 0.2) is 0 Å². The minimum Gasteiger partial charge on any atom is -0.357 e. The summed E-state index contributed by atoms with van der Waals surface area (Å²) >= 11 is 0. The van der Waals surface area contributed by atoms with Gasteiger partial charge in [-0.05, 0) is 6.42 Å². The van der Waals surface area contributed by atoms with E-state index in [0.29, 0.717) is 6.61 Å². The molecule has 0 atom stereocenters. The lowest BCUT2D eigenvalue weighted by atomic mass is 10.1. The number of hydrogen-bond donors (Lipinski definition) is 1. The minimum atomic E-state index is 0.600. The van der Waals surface area contributed by atoms with E-state index in [4.69, 9.17) is 5.11 Å². The Morgan fingerprint density at radius 2 is 1.73 bits per heavy atom. The van der Waals surface area contributed by atoms with Gasteiger partial charge in [-0.1, -0.05) is 39.0 Å². The number of ether oxygens (including phenoxy) is 1. The monoisotopic (exact) mass is 158 g/mol. The molecule has 11 heavy (non-hydrogen) atoms. The van der Waals surface area contributed by atoms with Crippen molar-refractivity contribution in [1.82, 2.24) is 0 Å². The summed E-state index contributed by atoms with van der Waals surface area (Å²) in [6.45, 7) is 4.48. The predicted octanol–water partition coefficient (Wildman–Crippen LogP) is 2.73. The fraction of sp³-hybridized carbons (Fsp3) is 0.889. The molecular weight excluding hydrogens is 140 g/mol. The van der Waals surface area contributed by atoms with Crippen LogP contribution in [0, 0.1) is 6.79 Å². The molecule has 0 aromatic rings. The largest absolute Gasteiger partial charge is 0.357 e. The Labute approximate surface area is 69.6 Å². The smallest absolute Gasteiger partial charge is 0.289 e. The summed E-state index contributed by atoms with van der Waals surface area (Å²) in [7, 11) is 0. The summed E-state index contributed by atoms with van der Waals surface area (Å²) in [5.41, 5.74) is 0. The topological polar surface area (TPSA) is 29.5 Å². The molecule has 0 heterocycles. The standard InChI is InChI=1S/C9H18O2/c1-2-3-4-5-6-7-8-11-9-10/h10H,2-8H2,1H3. The van der Waals surface area contributed by atoms with Crippen molar-refractivity contribution < 1.29 is 9.84 Å². The Bertz CT molecular complexity index is 56.6. The molecule has 0 bridgehead atoms. The highest BCUT2D eigenvalue weighted by Crippen LogP contribution is 2.04. The van der Waals surface area contributed by atoms with Gasteiger partial charge in [0.05, 0.1) is 6.61 Å². The van der Waals surface area contributed by atoms with Gasteiger partial charge < -0.3 is 9.84 Å². The van der Waals surface area contributed by atoms with Gasteiger partial charge in [0.25, 0.3) is 6.79 Å². The molecule has 0 fully saturated rings. The maximum atomic E-state index is 8.03. The Hall–Kier alpha value is -0.0800. The van der Waals surface area contributed by atoms with E-state index in [-0.39, 0.29) is 0 Å². The highest BCUT2D eigenvalue weighted by atomic mass is 16.6. The van der Waals surface area contributed by atoms with Crippen LogP contribution in [0.1, 0.15) is 45.4 Å². The average Bonchev–Trinajstić information content (AvgIpc) is 2.03. The van der Waals surface area contributed by atoms with Crippen LogP contribution in [0.25, 0.3) is 0 Å². The van der Waals surface area contributed by atoms with Crippen molar-refractivity contribution in [1.29, 1.82) is 0 Å². The molecular formula is C9H18O2. The molecule has 0 spiro atoms. The Morgan fingerprint density at radius 3 is 2.36 bits per heavy atom.